The molecule has 3 nitrogen and oxygen atoms in total. The Morgan fingerprint density at radius 2 is 2.24 bits per heavy atom. The first-order valence-electron chi connectivity index (χ1n) is 7.05. The van der Waals surface area contributed by atoms with E-state index < -0.39 is 0 Å². The van der Waals surface area contributed by atoms with E-state index in [-0.39, 0.29) is 17.8 Å². The van der Waals surface area contributed by atoms with Gasteiger partial charge in [-0.1, -0.05) is 28.1 Å². The molecule has 2 aromatic rings. The molecule has 0 aliphatic heterocycles. The third kappa shape index (κ3) is 2.86. The highest BCUT2D eigenvalue weighted by Gasteiger charge is 2.30. The standard InChI is InChI=1S/C16H17BrFN3/c17-14-9-11(18)6-7-12(14)16(21-19)13-5-1-3-10-4-2-8-20-15(10)13/h2,4,6-9,13,16,21H,1,3,5,19H2. The van der Waals surface area contributed by atoms with Gasteiger partial charge in [-0.3, -0.25) is 16.3 Å². The summed E-state index contributed by atoms with van der Waals surface area (Å²) in [6, 6.07) is 8.73. The van der Waals surface area contributed by atoms with Gasteiger partial charge in [-0.05, 0) is 48.6 Å². The number of hydrazine groups is 1. The molecule has 110 valence electrons. The number of hydrogen-bond acceptors (Lipinski definition) is 3. The van der Waals surface area contributed by atoms with Crippen molar-refractivity contribution in [3.63, 3.8) is 0 Å². The van der Waals surface area contributed by atoms with Crippen molar-refractivity contribution in [3.8, 4) is 0 Å². The van der Waals surface area contributed by atoms with Crippen molar-refractivity contribution in [2.75, 3.05) is 0 Å². The molecule has 5 heteroatoms. The van der Waals surface area contributed by atoms with Gasteiger partial charge in [0.05, 0.1) is 6.04 Å². The van der Waals surface area contributed by atoms with E-state index in [0.717, 1.165) is 35.0 Å². The summed E-state index contributed by atoms with van der Waals surface area (Å²) in [6.07, 6.45) is 5.01. The summed E-state index contributed by atoms with van der Waals surface area (Å²) < 4.78 is 14.0. The number of rotatable bonds is 3. The van der Waals surface area contributed by atoms with Crippen molar-refractivity contribution in [1.29, 1.82) is 0 Å². The average Bonchev–Trinajstić information content (AvgIpc) is 2.50. The fourth-order valence-electron chi connectivity index (χ4n) is 3.15. The Morgan fingerprint density at radius 1 is 1.38 bits per heavy atom. The molecule has 1 aromatic heterocycles. The molecular formula is C16H17BrFN3. The molecule has 0 bridgehead atoms. The number of hydrogen-bond donors (Lipinski definition) is 2. The van der Waals surface area contributed by atoms with Crippen LogP contribution in [0.4, 0.5) is 4.39 Å². The Morgan fingerprint density at radius 3 is 3.00 bits per heavy atom. The third-order valence-electron chi connectivity index (χ3n) is 4.12. The van der Waals surface area contributed by atoms with E-state index in [2.05, 4.69) is 32.4 Å². The van der Waals surface area contributed by atoms with Gasteiger partial charge in [0, 0.05) is 22.3 Å². The lowest BCUT2D eigenvalue weighted by Crippen LogP contribution is -2.34. The number of nitrogens with one attached hydrogen (secondary N) is 1. The second-order valence-corrected chi connectivity index (χ2v) is 6.21. The first-order chi connectivity index (χ1) is 10.2. The van der Waals surface area contributed by atoms with Gasteiger partial charge in [-0.2, -0.15) is 0 Å². The second-order valence-electron chi connectivity index (χ2n) is 5.36. The zero-order valence-electron chi connectivity index (χ0n) is 11.5. The monoisotopic (exact) mass is 349 g/mol. The van der Waals surface area contributed by atoms with Crippen LogP contribution in [0.2, 0.25) is 0 Å². The molecule has 1 heterocycles. The molecule has 1 aliphatic rings. The highest BCUT2D eigenvalue weighted by molar-refractivity contribution is 9.10. The molecule has 2 atom stereocenters. The van der Waals surface area contributed by atoms with E-state index in [0.29, 0.717) is 0 Å². The van der Waals surface area contributed by atoms with Crippen LogP contribution in [0.15, 0.2) is 41.0 Å². The smallest absolute Gasteiger partial charge is 0.124 e. The Hall–Kier alpha value is -1.30. The number of pyridine rings is 1. The van der Waals surface area contributed by atoms with Gasteiger partial charge in [0.25, 0.3) is 0 Å². The maximum absolute atomic E-state index is 13.3. The fourth-order valence-corrected chi connectivity index (χ4v) is 3.74. The second kappa shape index (κ2) is 6.22. The largest absolute Gasteiger partial charge is 0.271 e. The van der Waals surface area contributed by atoms with Crippen LogP contribution in [-0.4, -0.2) is 4.98 Å². The number of aromatic nitrogens is 1. The van der Waals surface area contributed by atoms with E-state index in [1.807, 2.05) is 12.3 Å². The van der Waals surface area contributed by atoms with Crippen molar-refractivity contribution < 1.29 is 4.39 Å². The zero-order chi connectivity index (χ0) is 14.8. The van der Waals surface area contributed by atoms with Crippen LogP contribution in [0.25, 0.3) is 0 Å². The van der Waals surface area contributed by atoms with Crippen LogP contribution in [0, 0.1) is 5.82 Å². The average molecular weight is 350 g/mol. The SMILES string of the molecule is NNC(c1ccc(F)cc1Br)C1CCCc2cccnc21. The number of halogens is 2. The number of benzene rings is 1. The van der Waals surface area contributed by atoms with Crippen LogP contribution in [0.1, 0.15) is 41.6 Å². The highest BCUT2D eigenvalue weighted by Crippen LogP contribution is 2.40. The van der Waals surface area contributed by atoms with E-state index in [9.17, 15) is 4.39 Å². The topological polar surface area (TPSA) is 50.9 Å². The lowest BCUT2D eigenvalue weighted by Gasteiger charge is -2.31. The lowest BCUT2D eigenvalue weighted by molar-refractivity contribution is 0.398. The molecular weight excluding hydrogens is 333 g/mol. The number of nitrogens with two attached hydrogens (primary N) is 1. The summed E-state index contributed by atoms with van der Waals surface area (Å²) >= 11 is 3.44. The fraction of sp³-hybridized carbons (Fsp3) is 0.312. The van der Waals surface area contributed by atoms with E-state index in [1.165, 1.54) is 17.7 Å². The molecule has 3 N–H and O–H groups in total. The van der Waals surface area contributed by atoms with Gasteiger partial charge in [-0.25, -0.2) is 4.39 Å². The molecule has 0 saturated carbocycles. The highest BCUT2D eigenvalue weighted by atomic mass is 79.9. The van der Waals surface area contributed by atoms with Crippen LogP contribution in [0.3, 0.4) is 0 Å². The maximum atomic E-state index is 13.3. The molecule has 2 unspecified atom stereocenters. The molecule has 21 heavy (non-hydrogen) atoms. The molecule has 0 saturated heterocycles. The predicted molar refractivity (Wildman–Crippen MR) is 84.1 cm³/mol. The van der Waals surface area contributed by atoms with Crippen molar-refractivity contribution >= 4 is 15.9 Å². The zero-order valence-corrected chi connectivity index (χ0v) is 13.1. The summed E-state index contributed by atoms with van der Waals surface area (Å²) in [5.41, 5.74) is 6.24. The normalized spacial score (nSPS) is 19.1. The van der Waals surface area contributed by atoms with Crippen molar-refractivity contribution in [2.45, 2.75) is 31.2 Å². The third-order valence-corrected chi connectivity index (χ3v) is 4.80. The Kier molecular flexibility index (Phi) is 4.33. The van der Waals surface area contributed by atoms with Crippen LogP contribution in [0.5, 0.6) is 0 Å². The van der Waals surface area contributed by atoms with E-state index in [1.54, 1.807) is 6.07 Å². The molecule has 0 amide bonds. The summed E-state index contributed by atoms with van der Waals surface area (Å²) in [5, 5.41) is 0. The minimum Gasteiger partial charge on any atom is -0.271 e. The number of fused-ring (bicyclic) bond motifs is 1. The Balaban J connectivity index is 2.01. The molecule has 3 rings (SSSR count). The first-order valence-corrected chi connectivity index (χ1v) is 7.85. The Bertz CT molecular complexity index is 647. The first kappa shape index (κ1) is 14.6. The molecule has 0 fully saturated rings. The van der Waals surface area contributed by atoms with Gasteiger partial charge in [0.2, 0.25) is 0 Å². The molecule has 0 spiro atoms. The lowest BCUT2D eigenvalue weighted by atomic mass is 9.80. The number of nitrogens with zero attached hydrogens (tertiary/aromatic N) is 1. The van der Waals surface area contributed by atoms with Crippen LogP contribution in [-0.2, 0) is 6.42 Å². The van der Waals surface area contributed by atoms with Crippen molar-refractivity contribution in [1.82, 2.24) is 10.4 Å². The molecule has 1 aliphatic carbocycles. The summed E-state index contributed by atoms with van der Waals surface area (Å²) in [6.45, 7) is 0. The quantitative estimate of drug-likeness (QED) is 0.657. The van der Waals surface area contributed by atoms with Crippen LogP contribution >= 0.6 is 15.9 Å². The van der Waals surface area contributed by atoms with E-state index in [4.69, 9.17) is 5.84 Å². The predicted octanol–water partition coefficient (Wildman–Crippen LogP) is 3.61. The maximum Gasteiger partial charge on any atom is 0.124 e. The van der Waals surface area contributed by atoms with E-state index >= 15 is 0 Å². The van der Waals surface area contributed by atoms with Crippen molar-refractivity contribution in [3.05, 3.63) is 63.6 Å². The molecule has 0 radical (unpaired) electrons. The molecule has 1 aromatic carbocycles. The van der Waals surface area contributed by atoms with Gasteiger partial charge < -0.3 is 0 Å². The van der Waals surface area contributed by atoms with Gasteiger partial charge >= 0.3 is 0 Å². The van der Waals surface area contributed by atoms with Gasteiger partial charge in [-0.15, -0.1) is 0 Å². The summed E-state index contributed by atoms with van der Waals surface area (Å²) in [4.78, 5) is 4.56. The minimum absolute atomic E-state index is 0.0890. The van der Waals surface area contributed by atoms with Crippen LogP contribution < -0.4 is 11.3 Å². The van der Waals surface area contributed by atoms with Gasteiger partial charge in [0.1, 0.15) is 5.82 Å². The number of aryl methyl sites for hydroxylation is 1. The van der Waals surface area contributed by atoms with Gasteiger partial charge in [0.15, 0.2) is 0 Å². The summed E-state index contributed by atoms with van der Waals surface area (Å²) in [7, 11) is 0. The Labute approximate surface area is 131 Å². The minimum atomic E-state index is -0.261. The summed E-state index contributed by atoms with van der Waals surface area (Å²) in [5.74, 6) is 5.74. The van der Waals surface area contributed by atoms with Crippen molar-refractivity contribution in [2.24, 2.45) is 5.84 Å².